The Morgan fingerprint density at radius 2 is 1.19 bits per heavy atom. The quantitative estimate of drug-likeness (QED) is 0.213. The Kier molecular flexibility index (Phi) is 6.50. The summed E-state index contributed by atoms with van der Waals surface area (Å²) in [6.45, 7) is 0. The minimum absolute atomic E-state index is 0.310. The number of fused-ring (bicyclic) bond motifs is 4. The maximum Gasteiger partial charge on any atom is 0.160 e. The molecule has 0 amide bonds. The molecule has 1 aromatic heterocycles. The molecule has 4 nitrogen and oxygen atoms in total. The molecule has 4 heteroatoms. The van der Waals surface area contributed by atoms with Crippen molar-refractivity contribution in [3.05, 3.63) is 180 Å². The van der Waals surface area contributed by atoms with Gasteiger partial charge in [-0.2, -0.15) is 0 Å². The fraction of sp³-hybridized carbons (Fsp3) is 0.0233. The minimum Gasteiger partial charge on any atom is -0.456 e. The number of hydrogen-bond donors (Lipinski definition) is 1. The smallest absolute Gasteiger partial charge is 0.160 e. The highest BCUT2D eigenvalue weighted by atomic mass is 16.3. The number of benzene rings is 7. The molecular formula is C43H29N3O. The summed E-state index contributed by atoms with van der Waals surface area (Å²) in [4.78, 5) is 10.5. The van der Waals surface area contributed by atoms with Crippen LogP contribution in [0.4, 0.5) is 0 Å². The third kappa shape index (κ3) is 4.88. The molecule has 0 radical (unpaired) electrons. The molecule has 1 unspecified atom stereocenters. The molecule has 0 saturated heterocycles. The fourth-order valence-electron chi connectivity index (χ4n) is 6.61. The van der Waals surface area contributed by atoms with Crippen LogP contribution in [-0.4, -0.2) is 11.7 Å². The van der Waals surface area contributed by atoms with Crippen LogP contribution in [0.5, 0.6) is 0 Å². The first kappa shape index (κ1) is 27.1. The van der Waals surface area contributed by atoms with Gasteiger partial charge in [0.15, 0.2) is 5.84 Å². The average molecular weight is 604 g/mol. The van der Waals surface area contributed by atoms with Crippen LogP contribution in [-0.2, 0) is 0 Å². The summed E-state index contributed by atoms with van der Waals surface area (Å²) in [6.07, 6.45) is -0.310. The maximum atomic E-state index is 6.39. The van der Waals surface area contributed by atoms with Gasteiger partial charge >= 0.3 is 0 Å². The zero-order chi connectivity index (χ0) is 31.2. The summed E-state index contributed by atoms with van der Waals surface area (Å²) in [5.41, 5.74) is 9.19. The van der Waals surface area contributed by atoms with Crippen molar-refractivity contribution >= 4 is 44.4 Å². The molecule has 47 heavy (non-hydrogen) atoms. The van der Waals surface area contributed by atoms with Crippen LogP contribution in [0.25, 0.3) is 55.0 Å². The van der Waals surface area contributed by atoms with Gasteiger partial charge in [-0.1, -0.05) is 140 Å². The Bertz CT molecular complexity index is 2480. The lowest BCUT2D eigenvalue weighted by Crippen LogP contribution is -2.33. The lowest BCUT2D eigenvalue weighted by molar-refractivity contribution is 0.668. The molecule has 0 aliphatic carbocycles. The standard InChI is InChI=1S/C43H29N3O/c1-3-12-31(13-4-1)41-44-42(32-14-5-2-6-15-32)46-43(45-41)40-35(25-26-38-39(40)36-17-9-10-18-37(36)47-38)30-22-19-29(20-23-30)34-24-21-28-11-7-8-16-33(28)27-34/h1-27,41H,(H,44,45,46). The third-order valence-electron chi connectivity index (χ3n) is 8.95. The number of amidine groups is 2. The zero-order valence-corrected chi connectivity index (χ0v) is 25.5. The predicted octanol–water partition coefficient (Wildman–Crippen LogP) is 10.6. The van der Waals surface area contributed by atoms with Crippen molar-refractivity contribution in [2.24, 2.45) is 9.98 Å². The van der Waals surface area contributed by atoms with Gasteiger partial charge in [-0.05, 0) is 62.9 Å². The van der Waals surface area contributed by atoms with E-state index in [1.807, 2.05) is 48.5 Å². The maximum absolute atomic E-state index is 6.39. The average Bonchev–Trinajstić information content (AvgIpc) is 3.54. The van der Waals surface area contributed by atoms with E-state index in [0.717, 1.165) is 55.6 Å². The second-order valence-corrected chi connectivity index (χ2v) is 11.8. The first-order valence-electron chi connectivity index (χ1n) is 15.9. The van der Waals surface area contributed by atoms with Crippen LogP contribution in [0.1, 0.15) is 22.9 Å². The molecule has 2 heterocycles. The molecule has 0 saturated carbocycles. The van der Waals surface area contributed by atoms with Gasteiger partial charge in [0.1, 0.15) is 23.2 Å². The molecule has 8 aromatic rings. The van der Waals surface area contributed by atoms with Crippen LogP contribution in [0.3, 0.4) is 0 Å². The molecule has 0 fully saturated rings. The Morgan fingerprint density at radius 1 is 0.511 bits per heavy atom. The van der Waals surface area contributed by atoms with Crippen molar-refractivity contribution in [2.75, 3.05) is 0 Å². The van der Waals surface area contributed by atoms with Crippen molar-refractivity contribution in [3.8, 4) is 22.3 Å². The number of hydrogen-bond acceptors (Lipinski definition) is 4. The number of furan rings is 1. The summed E-state index contributed by atoms with van der Waals surface area (Å²) in [7, 11) is 0. The van der Waals surface area contributed by atoms with E-state index in [-0.39, 0.29) is 6.17 Å². The number of rotatable bonds is 5. The van der Waals surface area contributed by atoms with Gasteiger partial charge in [-0.3, -0.25) is 0 Å². The Hall–Kier alpha value is -6.26. The SMILES string of the molecule is c1ccc(C2=NC(c3c(-c4ccc(-c5ccc6ccccc6c5)cc4)ccc4oc5ccccc5c34)=NC(c3ccccc3)N2)cc1. The molecule has 7 aromatic carbocycles. The summed E-state index contributed by atoms with van der Waals surface area (Å²) in [6, 6.07) is 57.0. The molecule has 1 N–H and O–H groups in total. The molecule has 1 aliphatic heterocycles. The fourth-order valence-corrected chi connectivity index (χ4v) is 6.61. The highest BCUT2D eigenvalue weighted by Crippen LogP contribution is 2.39. The minimum atomic E-state index is -0.310. The van der Waals surface area contributed by atoms with Gasteiger partial charge in [0.25, 0.3) is 0 Å². The van der Waals surface area contributed by atoms with Gasteiger partial charge in [-0.25, -0.2) is 9.98 Å². The van der Waals surface area contributed by atoms with Crippen molar-refractivity contribution in [3.63, 3.8) is 0 Å². The molecule has 0 spiro atoms. The van der Waals surface area contributed by atoms with Crippen molar-refractivity contribution in [1.82, 2.24) is 5.32 Å². The van der Waals surface area contributed by atoms with Crippen LogP contribution in [0, 0.1) is 0 Å². The molecular weight excluding hydrogens is 574 g/mol. The largest absolute Gasteiger partial charge is 0.456 e. The third-order valence-corrected chi connectivity index (χ3v) is 8.95. The normalized spacial score (nSPS) is 14.6. The van der Waals surface area contributed by atoms with E-state index in [9.17, 15) is 0 Å². The summed E-state index contributed by atoms with van der Waals surface area (Å²) < 4.78 is 6.39. The van der Waals surface area contributed by atoms with E-state index in [1.54, 1.807) is 0 Å². The van der Waals surface area contributed by atoms with Gasteiger partial charge in [-0.15, -0.1) is 0 Å². The Morgan fingerprint density at radius 3 is 2.02 bits per heavy atom. The van der Waals surface area contributed by atoms with Crippen LogP contribution < -0.4 is 5.32 Å². The van der Waals surface area contributed by atoms with Gasteiger partial charge in [0.05, 0.1) is 0 Å². The summed E-state index contributed by atoms with van der Waals surface area (Å²) in [5, 5.41) is 8.13. The van der Waals surface area contributed by atoms with Crippen LogP contribution in [0.2, 0.25) is 0 Å². The van der Waals surface area contributed by atoms with E-state index < -0.39 is 0 Å². The summed E-state index contributed by atoms with van der Waals surface area (Å²) in [5.74, 6) is 1.45. The van der Waals surface area contributed by atoms with Crippen molar-refractivity contribution in [1.29, 1.82) is 0 Å². The van der Waals surface area contributed by atoms with Crippen molar-refractivity contribution in [2.45, 2.75) is 6.17 Å². The van der Waals surface area contributed by atoms with Crippen molar-refractivity contribution < 1.29 is 4.42 Å². The van der Waals surface area contributed by atoms with Gasteiger partial charge in [0.2, 0.25) is 0 Å². The Labute approximate surface area is 272 Å². The van der Waals surface area contributed by atoms with Crippen LogP contribution in [0.15, 0.2) is 178 Å². The Balaban J connectivity index is 1.25. The molecule has 0 bridgehead atoms. The first-order chi connectivity index (χ1) is 23.3. The first-order valence-corrected chi connectivity index (χ1v) is 15.9. The number of nitrogens with zero attached hydrogens (tertiary/aromatic N) is 2. The second-order valence-electron chi connectivity index (χ2n) is 11.8. The van der Waals surface area contributed by atoms with Crippen LogP contribution >= 0.6 is 0 Å². The second kappa shape index (κ2) is 11.3. The highest BCUT2D eigenvalue weighted by Gasteiger charge is 2.26. The van der Waals surface area contributed by atoms with E-state index in [4.69, 9.17) is 14.4 Å². The van der Waals surface area contributed by atoms with Gasteiger partial charge < -0.3 is 9.73 Å². The van der Waals surface area contributed by atoms with E-state index in [2.05, 4.69) is 121 Å². The number of para-hydroxylation sites is 1. The molecule has 1 atom stereocenters. The monoisotopic (exact) mass is 603 g/mol. The summed E-state index contributed by atoms with van der Waals surface area (Å²) >= 11 is 0. The topological polar surface area (TPSA) is 49.9 Å². The van der Waals surface area contributed by atoms with E-state index in [0.29, 0.717) is 5.84 Å². The van der Waals surface area contributed by atoms with E-state index in [1.165, 1.54) is 21.9 Å². The predicted molar refractivity (Wildman–Crippen MR) is 194 cm³/mol. The molecule has 9 rings (SSSR count). The zero-order valence-electron chi connectivity index (χ0n) is 25.5. The molecule has 1 aliphatic rings. The lowest BCUT2D eigenvalue weighted by atomic mass is 9.92. The van der Waals surface area contributed by atoms with Gasteiger partial charge in [0, 0.05) is 21.9 Å². The highest BCUT2D eigenvalue weighted by molar-refractivity contribution is 6.24. The number of aliphatic imine (C=N–C) groups is 2. The number of nitrogens with one attached hydrogen (secondary N) is 1. The molecule has 222 valence electrons. The van der Waals surface area contributed by atoms with E-state index >= 15 is 0 Å². The lowest BCUT2D eigenvalue weighted by Gasteiger charge is -2.24.